The largest absolute Gasteiger partial charge is 0.465 e. The molecule has 0 radical (unpaired) electrons. The molecule has 84 valence electrons. The van der Waals surface area contributed by atoms with Crippen LogP contribution in [0.3, 0.4) is 0 Å². The summed E-state index contributed by atoms with van der Waals surface area (Å²) >= 11 is 7.04. The Morgan fingerprint density at radius 3 is 2.93 bits per heavy atom. The molecule has 0 saturated heterocycles. The summed E-state index contributed by atoms with van der Waals surface area (Å²) in [5.74, 6) is -0.314. The first-order valence-electron chi connectivity index (χ1n) is 4.70. The first-order chi connectivity index (χ1) is 7.19. The van der Waals surface area contributed by atoms with Crippen LogP contribution < -0.4 is 5.32 Å². The van der Waals surface area contributed by atoms with Gasteiger partial charge in [0.2, 0.25) is 0 Å². The van der Waals surface area contributed by atoms with Crippen LogP contribution in [-0.2, 0) is 9.53 Å². The third kappa shape index (κ3) is 3.44. The van der Waals surface area contributed by atoms with Gasteiger partial charge in [0.25, 0.3) is 0 Å². The highest BCUT2D eigenvalue weighted by molar-refractivity contribution is 7.16. The summed E-state index contributed by atoms with van der Waals surface area (Å²) in [5.41, 5.74) is 0. The van der Waals surface area contributed by atoms with E-state index >= 15 is 0 Å². The van der Waals surface area contributed by atoms with E-state index in [1.54, 1.807) is 6.92 Å². The third-order valence-corrected chi connectivity index (χ3v) is 2.85. The van der Waals surface area contributed by atoms with E-state index in [1.807, 2.05) is 6.92 Å². The number of nitrogens with one attached hydrogen (secondary N) is 1. The minimum atomic E-state index is -0.507. The lowest BCUT2D eigenvalue weighted by Crippen LogP contribution is -2.29. The Kier molecular flexibility index (Phi) is 5.01. The van der Waals surface area contributed by atoms with E-state index in [9.17, 15) is 4.79 Å². The van der Waals surface area contributed by atoms with Gasteiger partial charge in [0.15, 0.2) is 6.04 Å². The van der Waals surface area contributed by atoms with Crippen LogP contribution in [-0.4, -0.2) is 24.1 Å². The number of carbonyl (C=O) groups excluding carboxylic acids is 1. The minimum absolute atomic E-state index is 0.314. The second kappa shape index (κ2) is 6.05. The Morgan fingerprint density at radius 1 is 1.73 bits per heavy atom. The standard InChI is InChI=1S/C9H13ClN2O2S/c1-3-11-7(9(13)14-4-2)8-12-5-6(10)15-8/h5,7,11H,3-4H2,1-2H3. The van der Waals surface area contributed by atoms with Crippen LogP contribution in [0.1, 0.15) is 24.9 Å². The lowest BCUT2D eigenvalue weighted by molar-refractivity contribution is -0.145. The average molecular weight is 249 g/mol. The van der Waals surface area contributed by atoms with Crippen molar-refractivity contribution in [3.05, 3.63) is 15.5 Å². The second-order valence-corrected chi connectivity index (χ2v) is 4.44. The number of rotatable bonds is 5. The van der Waals surface area contributed by atoms with E-state index in [0.29, 0.717) is 22.5 Å². The average Bonchev–Trinajstić information content (AvgIpc) is 2.61. The molecule has 0 fully saturated rings. The summed E-state index contributed by atoms with van der Waals surface area (Å²) in [5, 5.41) is 3.65. The van der Waals surface area contributed by atoms with Gasteiger partial charge >= 0.3 is 5.97 Å². The number of hydrogen-bond donors (Lipinski definition) is 1. The molecule has 1 N–H and O–H groups in total. The Morgan fingerprint density at radius 2 is 2.47 bits per heavy atom. The van der Waals surface area contributed by atoms with Crippen molar-refractivity contribution in [3.63, 3.8) is 0 Å². The molecule has 0 spiro atoms. The van der Waals surface area contributed by atoms with Gasteiger partial charge in [-0.05, 0) is 13.5 Å². The zero-order valence-corrected chi connectivity index (χ0v) is 10.2. The molecule has 0 amide bonds. The van der Waals surface area contributed by atoms with E-state index in [-0.39, 0.29) is 5.97 Å². The number of ether oxygens (including phenoxy) is 1. The maximum atomic E-state index is 11.6. The van der Waals surface area contributed by atoms with Crippen molar-refractivity contribution in [1.82, 2.24) is 10.3 Å². The monoisotopic (exact) mass is 248 g/mol. The summed E-state index contributed by atoms with van der Waals surface area (Å²) in [6.07, 6.45) is 1.53. The number of thiazole rings is 1. The van der Waals surface area contributed by atoms with Crippen molar-refractivity contribution in [2.75, 3.05) is 13.2 Å². The fraction of sp³-hybridized carbons (Fsp3) is 0.556. The fourth-order valence-corrected chi connectivity index (χ4v) is 2.10. The van der Waals surface area contributed by atoms with Crippen LogP contribution in [0.25, 0.3) is 0 Å². The van der Waals surface area contributed by atoms with Crippen molar-refractivity contribution in [3.8, 4) is 0 Å². The molecule has 4 nitrogen and oxygen atoms in total. The molecule has 1 unspecified atom stereocenters. The quantitative estimate of drug-likeness (QED) is 0.810. The number of nitrogens with zero attached hydrogens (tertiary/aromatic N) is 1. The molecule has 0 aliphatic heterocycles. The molecule has 1 heterocycles. The Balaban J connectivity index is 2.77. The van der Waals surface area contributed by atoms with E-state index < -0.39 is 6.04 Å². The Labute approximate surface area is 97.6 Å². The molecule has 6 heteroatoms. The minimum Gasteiger partial charge on any atom is -0.465 e. The summed E-state index contributed by atoms with van der Waals surface area (Å²) < 4.78 is 5.51. The molecule has 15 heavy (non-hydrogen) atoms. The molecule has 0 aliphatic carbocycles. The zero-order chi connectivity index (χ0) is 11.3. The molecule has 0 bridgehead atoms. The van der Waals surface area contributed by atoms with Crippen LogP contribution >= 0.6 is 22.9 Å². The van der Waals surface area contributed by atoms with E-state index in [2.05, 4.69) is 10.3 Å². The maximum Gasteiger partial charge on any atom is 0.330 e. The molecule has 0 aliphatic rings. The fourth-order valence-electron chi connectivity index (χ4n) is 1.10. The van der Waals surface area contributed by atoms with E-state index in [1.165, 1.54) is 17.5 Å². The van der Waals surface area contributed by atoms with Crippen molar-refractivity contribution in [2.24, 2.45) is 0 Å². The van der Waals surface area contributed by atoms with E-state index in [4.69, 9.17) is 16.3 Å². The number of esters is 1. The predicted octanol–water partition coefficient (Wildman–Crippen LogP) is 2.01. The van der Waals surface area contributed by atoms with Gasteiger partial charge in [-0.3, -0.25) is 5.32 Å². The van der Waals surface area contributed by atoms with Gasteiger partial charge in [-0.15, -0.1) is 11.3 Å². The molecule has 0 aromatic carbocycles. The summed E-state index contributed by atoms with van der Waals surface area (Å²) in [6, 6.07) is -0.507. The Bertz CT molecular complexity index is 330. The van der Waals surface area contributed by atoms with Crippen molar-refractivity contribution < 1.29 is 9.53 Å². The van der Waals surface area contributed by atoms with Gasteiger partial charge < -0.3 is 4.74 Å². The van der Waals surface area contributed by atoms with Crippen LogP contribution in [0.5, 0.6) is 0 Å². The predicted molar refractivity (Wildman–Crippen MR) is 60.2 cm³/mol. The molecule has 1 aromatic heterocycles. The number of carbonyl (C=O) groups is 1. The number of likely N-dealkylation sites (N-methyl/N-ethyl adjacent to an activating group) is 1. The SMILES string of the molecule is CCNC(C(=O)OCC)c1ncc(Cl)s1. The van der Waals surface area contributed by atoms with Gasteiger partial charge in [-0.25, -0.2) is 9.78 Å². The van der Waals surface area contributed by atoms with Gasteiger partial charge in [-0.1, -0.05) is 18.5 Å². The van der Waals surface area contributed by atoms with Gasteiger partial charge in [-0.2, -0.15) is 0 Å². The van der Waals surface area contributed by atoms with E-state index in [0.717, 1.165) is 0 Å². The molecule has 0 saturated carbocycles. The molecule has 1 atom stereocenters. The first-order valence-corrected chi connectivity index (χ1v) is 5.89. The number of hydrogen-bond acceptors (Lipinski definition) is 5. The third-order valence-electron chi connectivity index (χ3n) is 1.67. The van der Waals surface area contributed by atoms with Crippen molar-refractivity contribution in [2.45, 2.75) is 19.9 Å². The van der Waals surface area contributed by atoms with Crippen LogP contribution in [0.2, 0.25) is 4.34 Å². The van der Waals surface area contributed by atoms with Gasteiger partial charge in [0.1, 0.15) is 9.34 Å². The first kappa shape index (κ1) is 12.4. The molecule has 1 rings (SSSR count). The van der Waals surface area contributed by atoms with Gasteiger partial charge in [0.05, 0.1) is 12.8 Å². The second-order valence-electron chi connectivity index (χ2n) is 2.75. The van der Waals surface area contributed by atoms with Crippen molar-refractivity contribution >= 4 is 28.9 Å². The summed E-state index contributed by atoms with van der Waals surface area (Å²) in [6.45, 7) is 4.72. The topological polar surface area (TPSA) is 51.2 Å². The molecule has 1 aromatic rings. The van der Waals surface area contributed by atoms with Gasteiger partial charge in [0, 0.05) is 0 Å². The normalized spacial score (nSPS) is 12.5. The molecular weight excluding hydrogens is 236 g/mol. The number of aromatic nitrogens is 1. The lowest BCUT2D eigenvalue weighted by Gasteiger charge is -2.13. The zero-order valence-electron chi connectivity index (χ0n) is 8.62. The summed E-state index contributed by atoms with van der Waals surface area (Å²) in [7, 11) is 0. The summed E-state index contributed by atoms with van der Waals surface area (Å²) in [4.78, 5) is 15.6. The van der Waals surface area contributed by atoms with Crippen LogP contribution in [0.4, 0.5) is 0 Å². The number of halogens is 1. The highest BCUT2D eigenvalue weighted by Gasteiger charge is 2.23. The van der Waals surface area contributed by atoms with Crippen LogP contribution in [0.15, 0.2) is 6.20 Å². The lowest BCUT2D eigenvalue weighted by atomic mass is 10.3. The smallest absolute Gasteiger partial charge is 0.330 e. The Hall–Kier alpha value is -0.650. The highest BCUT2D eigenvalue weighted by atomic mass is 35.5. The maximum absolute atomic E-state index is 11.6. The van der Waals surface area contributed by atoms with Crippen molar-refractivity contribution in [1.29, 1.82) is 0 Å². The molecular formula is C9H13ClN2O2S. The highest BCUT2D eigenvalue weighted by Crippen LogP contribution is 2.24. The van der Waals surface area contributed by atoms with Crippen LogP contribution in [0, 0.1) is 0 Å².